The number of nitrogens with zero attached hydrogens (tertiary/aromatic N) is 3. The molecule has 0 saturated carbocycles. The summed E-state index contributed by atoms with van der Waals surface area (Å²) >= 11 is 1.15. The minimum atomic E-state index is -1.43. The van der Waals surface area contributed by atoms with E-state index in [2.05, 4.69) is 34.8 Å². The average molecular weight is 775 g/mol. The number of primary amides is 1. The van der Waals surface area contributed by atoms with Crippen LogP contribution in [0.5, 0.6) is 0 Å². The Labute approximate surface area is 317 Å². The van der Waals surface area contributed by atoms with Crippen LogP contribution in [0.3, 0.4) is 0 Å². The van der Waals surface area contributed by atoms with Crippen molar-refractivity contribution in [1.82, 2.24) is 10.6 Å². The average Bonchev–Trinajstić information content (AvgIpc) is 3.51. The predicted molar refractivity (Wildman–Crippen MR) is 213 cm³/mol. The quantitative estimate of drug-likeness (QED) is 0.0620. The molecule has 0 radical (unpaired) electrons. The van der Waals surface area contributed by atoms with Crippen molar-refractivity contribution in [3.63, 3.8) is 0 Å². The van der Waals surface area contributed by atoms with E-state index in [9.17, 15) is 19.2 Å². The molecule has 0 spiro atoms. The lowest BCUT2D eigenvalue weighted by Gasteiger charge is -2.36. The molecule has 2 aliphatic heterocycles. The van der Waals surface area contributed by atoms with Gasteiger partial charge in [0.15, 0.2) is 10.8 Å². The zero-order valence-electron chi connectivity index (χ0n) is 30.5. The minimum absolute atomic E-state index is 0.00234. The van der Waals surface area contributed by atoms with Gasteiger partial charge in [-0.1, -0.05) is 111 Å². The van der Waals surface area contributed by atoms with Gasteiger partial charge in [-0.05, 0) is 36.6 Å². The fourth-order valence-electron chi connectivity index (χ4n) is 5.56. The highest BCUT2D eigenvalue weighted by Crippen LogP contribution is 2.41. The maximum atomic E-state index is 13.3. The Morgan fingerprint density at radius 2 is 1.51 bits per heavy atom. The van der Waals surface area contributed by atoms with E-state index in [4.69, 9.17) is 25.3 Å². The number of β-lactam (4-membered cyclic amide) rings is 1. The van der Waals surface area contributed by atoms with Crippen molar-refractivity contribution in [1.29, 1.82) is 0 Å². The maximum absolute atomic E-state index is 13.3. The Morgan fingerprint density at radius 3 is 2.00 bits per heavy atom. The van der Waals surface area contributed by atoms with E-state index < -0.39 is 59.1 Å². The number of thioether (sulfide) groups is 1. The van der Waals surface area contributed by atoms with E-state index in [0.29, 0.717) is 17.5 Å². The number of nitrogens with two attached hydrogens (primary N) is 1. The molecule has 3 aromatic carbocycles. The second kappa shape index (κ2) is 17.1. The van der Waals surface area contributed by atoms with E-state index in [0.717, 1.165) is 34.5 Å². The van der Waals surface area contributed by atoms with Crippen LogP contribution in [0.15, 0.2) is 106 Å². The van der Waals surface area contributed by atoms with Crippen LogP contribution in [-0.4, -0.2) is 77.8 Å². The molecule has 3 aromatic rings. The Kier molecular flexibility index (Phi) is 12.9. The van der Waals surface area contributed by atoms with Gasteiger partial charge in [-0.25, -0.2) is 19.6 Å². The molecule has 53 heavy (non-hydrogen) atoms. The number of aliphatic imine (C=N–C) groups is 2. The Morgan fingerprint density at radius 1 is 0.962 bits per heavy atom. The summed E-state index contributed by atoms with van der Waals surface area (Å²) in [6.07, 6.45) is -0.133. The first-order valence-electron chi connectivity index (χ1n) is 17.3. The third kappa shape index (κ3) is 10.2. The monoisotopic (exact) mass is 774 g/mol. The molecule has 3 amide bonds. The molecule has 3 atom stereocenters. The number of hydrogen-bond acceptors (Lipinski definition) is 9. The number of amides is 3. The first kappa shape index (κ1) is 39.8. The van der Waals surface area contributed by atoms with Crippen LogP contribution >= 0.6 is 11.8 Å². The largest absolute Gasteiger partial charge is 0.464 e. The van der Waals surface area contributed by atoms with Crippen molar-refractivity contribution in [2.75, 3.05) is 18.1 Å². The summed E-state index contributed by atoms with van der Waals surface area (Å²) in [4.78, 5) is 66.4. The van der Waals surface area contributed by atoms with Gasteiger partial charge >= 0.3 is 5.97 Å². The maximum Gasteiger partial charge on any atom is 0.340 e. The second-order valence-electron chi connectivity index (χ2n) is 14.4. The van der Waals surface area contributed by atoms with Crippen molar-refractivity contribution in [3.8, 4) is 0 Å². The fraction of sp³-hybridized carbons (Fsp3) is 0.368. The van der Waals surface area contributed by atoms with E-state index in [-0.39, 0.29) is 23.8 Å². The Hall–Kier alpha value is -4.44. The number of amidine groups is 1. The van der Waals surface area contributed by atoms with Crippen LogP contribution in [0, 0.1) is 0 Å². The van der Waals surface area contributed by atoms with Gasteiger partial charge in [0.25, 0.3) is 0 Å². The van der Waals surface area contributed by atoms with Crippen molar-refractivity contribution in [3.05, 3.63) is 108 Å². The number of hydrogen-bond donors (Lipinski definition) is 3. The molecular formula is C38H46N6O6S2Si. The molecular weight excluding hydrogens is 729 g/mol. The normalized spacial score (nSPS) is 19.6. The van der Waals surface area contributed by atoms with E-state index in [1.54, 1.807) is 13.8 Å². The number of benzene rings is 3. The van der Waals surface area contributed by atoms with E-state index in [1.807, 2.05) is 91.0 Å². The summed E-state index contributed by atoms with van der Waals surface area (Å²) in [6, 6.07) is 29.7. The minimum Gasteiger partial charge on any atom is -0.464 e. The highest BCUT2D eigenvalue weighted by atomic mass is 32.2. The van der Waals surface area contributed by atoms with Crippen molar-refractivity contribution in [2.45, 2.75) is 68.5 Å². The summed E-state index contributed by atoms with van der Waals surface area (Å²) in [5.41, 5.74) is 5.94. The van der Waals surface area contributed by atoms with Gasteiger partial charge in [0.2, 0.25) is 17.7 Å². The van der Waals surface area contributed by atoms with Gasteiger partial charge in [0, 0.05) is 24.5 Å². The number of esters is 1. The number of carbonyl (C=O) groups excluding carboxylic acids is 4. The van der Waals surface area contributed by atoms with Crippen LogP contribution in [0.2, 0.25) is 25.7 Å². The van der Waals surface area contributed by atoms with Gasteiger partial charge in [-0.2, -0.15) is 0 Å². The van der Waals surface area contributed by atoms with Gasteiger partial charge in [0.05, 0.1) is 24.5 Å². The summed E-state index contributed by atoms with van der Waals surface area (Å²) < 4.78 is 10.2. The summed E-state index contributed by atoms with van der Waals surface area (Å²) in [5.74, 6) is -1.62. The topological polar surface area (TPSA) is 174 Å². The van der Waals surface area contributed by atoms with Crippen molar-refractivity contribution < 1.29 is 28.8 Å². The van der Waals surface area contributed by atoms with Crippen LogP contribution in [0.1, 0.15) is 37.0 Å². The molecule has 0 aliphatic carbocycles. The molecule has 1 unspecified atom stereocenters. The molecule has 0 aromatic heterocycles. The standard InChI is InChI=1S/C38H46N6O6S2Si/c1-37(2,35(48)49-21-22-53(3,4)5)50-44-52-25-29(23-31(46)41-32-33(47)42-34(32)51-24-30(39)45)40-36(52)43-38(26-15-9-6-10-16-26,27-17-11-7-12-18-27)28-19-13-8-14-20-28/h6-20,32,34H,21-25H2,1-5H3,(H2,39,45)(H,41,46)(H,42,47)/t32-,34-,52?/m1/s1. The number of ether oxygens (including phenoxy) is 1. The molecule has 1 fully saturated rings. The van der Waals surface area contributed by atoms with Gasteiger partial charge in [-0.3, -0.25) is 14.4 Å². The first-order chi connectivity index (χ1) is 25.2. The van der Waals surface area contributed by atoms with Crippen LogP contribution in [-0.2, 0) is 45.0 Å². The smallest absolute Gasteiger partial charge is 0.340 e. The molecule has 0 bridgehead atoms. The second-order valence-corrected chi connectivity index (χ2v) is 22.7. The van der Waals surface area contributed by atoms with Crippen molar-refractivity contribution >= 4 is 65.1 Å². The Bertz CT molecular complexity index is 1810. The lowest BCUT2D eigenvalue weighted by molar-refractivity contribution is -0.167. The van der Waals surface area contributed by atoms with Crippen molar-refractivity contribution in [2.24, 2.45) is 20.2 Å². The fourth-order valence-corrected chi connectivity index (χ4v) is 8.69. The summed E-state index contributed by atoms with van der Waals surface area (Å²) in [5, 5.41) is 5.30. The molecule has 12 nitrogen and oxygen atoms in total. The zero-order chi connectivity index (χ0) is 38.2. The molecule has 280 valence electrons. The SMILES string of the molecule is CC(C)(ON=S1CC(CC(=O)N[C@@H]2C(=O)N[C@@H]2SCC(N)=O)=NC1=NC(c1ccccc1)(c1ccccc1)c1ccccc1)C(=O)OCC[Si](C)(C)C. The number of nitrogens with one attached hydrogen (secondary N) is 2. The lowest BCUT2D eigenvalue weighted by atomic mass is 9.77. The molecule has 15 heteroatoms. The highest BCUT2D eigenvalue weighted by molar-refractivity contribution is 8.03. The molecule has 5 rings (SSSR count). The summed E-state index contributed by atoms with van der Waals surface area (Å²) in [7, 11) is -2.58. The first-order valence-corrected chi connectivity index (χ1v) is 23.4. The van der Waals surface area contributed by atoms with Crippen LogP contribution in [0.25, 0.3) is 0 Å². The molecule has 2 aliphatic rings. The molecule has 1 saturated heterocycles. The Balaban J connectivity index is 1.53. The van der Waals surface area contributed by atoms with Gasteiger partial charge < -0.3 is 21.1 Å². The highest BCUT2D eigenvalue weighted by Gasteiger charge is 2.42. The number of carbonyl (C=O) groups is 4. The molecule has 4 N–H and O–H groups in total. The third-order valence-electron chi connectivity index (χ3n) is 8.49. The van der Waals surface area contributed by atoms with Crippen LogP contribution in [0.4, 0.5) is 0 Å². The van der Waals surface area contributed by atoms with Gasteiger partial charge in [-0.15, -0.1) is 16.3 Å². The van der Waals surface area contributed by atoms with Crippen LogP contribution < -0.4 is 16.4 Å². The number of rotatable bonds is 16. The van der Waals surface area contributed by atoms with E-state index in [1.165, 1.54) is 0 Å². The zero-order valence-corrected chi connectivity index (χ0v) is 33.2. The van der Waals surface area contributed by atoms with Gasteiger partial charge in [0.1, 0.15) is 17.0 Å². The predicted octanol–water partition coefficient (Wildman–Crippen LogP) is 4.73. The molecule has 2 heterocycles. The third-order valence-corrected chi connectivity index (χ3v) is 12.9. The van der Waals surface area contributed by atoms with E-state index >= 15 is 0 Å². The lowest BCUT2D eigenvalue weighted by Crippen LogP contribution is -2.68. The summed E-state index contributed by atoms with van der Waals surface area (Å²) in [6.45, 7) is 10.1.